The molecule has 0 bridgehead atoms. The van der Waals surface area contributed by atoms with Gasteiger partial charge in [0.1, 0.15) is 23.9 Å². The van der Waals surface area contributed by atoms with Gasteiger partial charge in [-0.1, -0.05) is 6.07 Å². The van der Waals surface area contributed by atoms with Crippen LogP contribution in [-0.4, -0.2) is 24.0 Å². The van der Waals surface area contributed by atoms with Crippen LogP contribution >= 0.6 is 24.0 Å². The molecule has 8 heteroatoms. The van der Waals surface area contributed by atoms with Gasteiger partial charge in [-0.2, -0.15) is 0 Å². The Bertz CT molecular complexity index is 679. The summed E-state index contributed by atoms with van der Waals surface area (Å²) in [7, 11) is 0. The van der Waals surface area contributed by atoms with E-state index in [0.29, 0.717) is 24.9 Å². The molecule has 0 spiro atoms. The van der Waals surface area contributed by atoms with E-state index in [1.165, 1.54) is 18.2 Å². The topological polar surface area (TPSA) is 62.5 Å². The van der Waals surface area contributed by atoms with Gasteiger partial charge in [0, 0.05) is 18.7 Å². The summed E-state index contributed by atoms with van der Waals surface area (Å²) in [5.74, 6) is 0.771. The fourth-order valence-electron chi connectivity index (χ4n) is 2.17. The maximum atomic E-state index is 13.6. The van der Waals surface area contributed by atoms with Crippen LogP contribution < -0.4 is 10.6 Å². The fraction of sp³-hybridized carbons (Fsp3) is 0.412. The molecule has 138 valence electrons. The second-order valence-electron chi connectivity index (χ2n) is 5.32. The molecule has 0 atom stereocenters. The highest BCUT2D eigenvalue weighted by molar-refractivity contribution is 14.0. The molecule has 0 fully saturated rings. The number of nitrogens with zero attached hydrogens (tertiary/aromatic N) is 2. The lowest BCUT2D eigenvalue weighted by Crippen LogP contribution is -2.38. The zero-order valence-corrected chi connectivity index (χ0v) is 16.9. The summed E-state index contributed by atoms with van der Waals surface area (Å²) in [5.41, 5.74) is 0.910. The quantitative estimate of drug-likeness (QED) is 0.391. The normalized spacial score (nSPS) is 11.2. The molecule has 0 aliphatic heterocycles. The molecule has 0 aliphatic carbocycles. The summed E-state index contributed by atoms with van der Waals surface area (Å²) in [4.78, 5) is 8.63. The minimum Gasteiger partial charge on any atom is -0.444 e. The molecule has 0 saturated heterocycles. The van der Waals surface area contributed by atoms with Crippen LogP contribution in [-0.2, 0) is 13.0 Å². The Hall–Kier alpha value is -1.71. The Morgan fingerprint density at radius 1 is 1.20 bits per heavy atom. The first-order valence-corrected chi connectivity index (χ1v) is 7.89. The van der Waals surface area contributed by atoms with Crippen molar-refractivity contribution in [3.8, 4) is 0 Å². The van der Waals surface area contributed by atoms with Gasteiger partial charge in [-0.05, 0) is 39.3 Å². The van der Waals surface area contributed by atoms with E-state index in [0.717, 1.165) is 11.5 Å². The number of benzene rings is 1. The molecule has 1 heterocycles. The molecule has 2 aromatic rings. The lowest BCUT2D eigenvalue weighted by atomic mass is 10.1. The van der Waals surface area contributed by atoms with Crippen molar-refractivity contribution in [2.45, 2.75) is 33.7 Å². The van der Waals surface area contributed by atoms with E-state index in [-0.39, 0.29) is 42.5 Å². The van der Waals surface area contributed by atoms with Crippen molar-refractivity contribution in [2.24, 2.45) is 4.99 Å². The van der Waals surface area contributed by atoms with Gasteiger partial charge < -0.3 is 15.1 Å². The molecule has 0 saturated carbocycles. The Morgan fingerprint density at radius 2 is 1.88 bits per heavy atom. The van der Waals surface area contributed by atoms with Crippen LogP contribution in [0.25, 0.3) is 0 Å². The first-order valence-electron chi connectivity index (χ1n) is 7.89. The average Bonchev–Trinajstić information content (AvgIpc) is 2.86. The molecular formula is C17H23F2IN4O. The van der Waals surface area contributed by atoms with Gasteiger partial charge in [-0.15, -0.1) is 24.0 Å². The van der Waals surface area contributed by atoms with Crippen molar-refractivity contribution in [3.63, 3.8) is 0 Å². The van der Waals surface area contributed by atoms with Gasteiger partial charge in [0.25, 0.3) is 0 Å². The Labute approximate surface area is 163 Å². The third-order valence-electron chi connectivity index (χ3n) is 3.52. The summed E-state index contributed by atoms with van der Waals surface area (Å²) in [6, 6.07) is 3.86. The SMILES string of the molecule is CCNC(=NCc1nc(C)c(C)o1)NCCc1c(F)cccc1F.I. The molecule has 2 N–H and O–H groups in total. The maximum Gasteiger partial charge on any atom is 0.216 e. The summed E-state index contributed by atoms with van der Waals surface area (Å²) >= 11 is 0. The standard InChI is InChI=1S/C17H22F2N4O.HI/c1-4-20-17(22-10-16-23-11(2)12(3)24-16)21-9-8-13-14(18)6-5-7-15(13)19;/h5-7H,4,8-10H2,1-3H3,(H2,20,21,22);1H. The van der Waals surface area contributed by atoms with Crippen molar-refractivity contribution in [1.29, 1.82) is 0 Å². The highest BCUT2D eigenvalue weighted by atomic mass is 127. The van der Waals surface area contributed by atoms with Gasteiger partial charge in [-0.3, -0.25) is 0 Å². The van der Waals surface area contributed by atoms with Crippen molar-refractivity contribution in [3.05, 3.63) is 52.7 Å². The van der Waals surface area contributed by atoms with Gasteiger partial charge in [0.2, 0.25) is 5.89 Å². The summed E-state index contributed by atoms with van der Waals surface area (Å²) in [6.45, 7) is 6.97. The van der Waals surface area contributed by atoms with E-state index in [9.17, 15) is 8.78 Å². The lowest BCUT2D eigenvalue weighted by Gasteiger charge is -2.11. The fourth-order valence-corrected chi connectivity index (χ4v) is 2.17. The van der Waals surface area contributed by atoms with Crippen LogP contribution in [0.1, 0.15) is 29.8 Å². The molecule has 0 amide bonds. The van der Waals surface area contributed by atoms with Crippen molar-refractivity contribution >= 4 is 29.9 Å². The molecule has 0 unspecified atom stereocenters. The average molecular weight is 464 g/mol. The van der Waals surface area contributed by atoms with E-state index in [4.69, 9.17) is 4.42 Å². The number of aryl methyl sites for hydroxylation is 2. The Balaban J connectivity index is 0.00000312. The minimum absolute atomic E-state index is 0. The Kier molecular flexibility index (Phi) is 8.81. The van der Waals surface area contributed by atoms with Crippen molar-refractivity contribution in [1.82, 2.24) is 15.6 Å². The molecule has 1 aromatic carbocycles. The predicted octanol–water partition coefficient (Wildman–Crippen LogP) is 3.49. The van der Waals surface area contributed by atoms with Crippen LogP contribution in [0.5, 0.6) is 0 Å². The molecule has 0 radical (unpaired) electrons. The number of aromatic nitrogens is 1. The highest BCUT2D eigenvalue weighted by Crippen LogP contribution is 2.12. The molecule has 0 aliphatic rings. The van der Waals surface area contributed by atoms with Crippen molar-refractivity contribution < 1.29 is 13.2 Å². The zero-order valence-electron chi connectivity index (χ0n) is 14.5. The zero-order chi connectivity index (χ0) is 17.5. The highest BCUT2D eigenvalue weighted by Gasteiger charge is 2.09. The Morgan fingerprint density at radius 3 is 2.44 bits per heavy atom. The van der Waals surface area contributed by atoms with E-state index >= 15 is 0 Å². The van der Waals surface area contributed by atoms with Crippen LogP contribution in [0.3, 0.4) is 0 Å². The van der Waals surface area contributed by atoms with Crippen LogP contribution in [0, 0.1) is 25.5 Å². The number of nitrogens with one attached hydrogen (secondary N) is 2. The number of hydrogen-bond donors (Lipinski definition) is 2. The summed E-state index contributed by atoms with van der Waals surface area (Å²) in [5, 5.41) is 6.12. The van der Waals surface area contributed by atoms with Crippen LogP contribution in [0.2, 0.25) is 0 Å². The van der Waals surface area contributed by atoms with Crippen LogP contribution in [0.15, 0.2) is 27.6 Å². The van der Waals surface area contributed by atoms with Crippen molar-refractivity contribution in [2.75, 3.05) is 13.1 Å². The number of guanidine groups is 1. The first kappa shape index (κ1) is 21.3. The second kappa shape index (κ2) is 10.3. The van der Waals surface area contributed by atoms with Gasteiger partial charge in [0.05, 0.1) is 5.69 Å². The van der Waals surface area contributed by atoms with Crippen LogP contribution in [0.4, 0.5) is 8.78 Å². The summed E-state index contributed by atoms with van der Waals surface area (Å²) < 4.78 is 32.7. The number of oxazole rings is 1. The monoisotopic (exact) mass is 464 g/mol. The third kappa shape index (κ3) is 6.26. The summed E-state index contributed by atoms with van der Waals surface area (Å²) in [6.07, 6.45) is 0.222. The van der Waals surface area contributed by atoms with E-state index in [1.807, 2.05) is 20.8 Å². The first-order chi connectivity index (χ1) is 11.5. The van der Waals surface area contributed by atoms with E-state index < -0.39 is 11.6 Å². The van der Waals surface area contributed by atoms with Gasteiger partial charge in [-0.25, -0.2) is 18.8 Å². The number of aliphatic imine (C=N–C) groups is 1. The molecular weight excluding hydrogens is 441 g/mol. The third-order valence-corrected chi connectivity index (χ3v) is 3.52. The molecule has 25 heavy (non-hydrogen) atoms. The molecule has 2 rings (SSSR count). The van der Waals surface area contributed by atoms with E-state index in [2.05, 4.69) is 20.6 Å². The maximum absolute atomic E-state index is 13.6. The number of rotatable bonds is 6. The predicted molar refractivity (Wildman–Crippen MR) is 104 cm³/mol. The van der Waals surface area contributed by atoms with E-state index in [1.54, 1.807) is 0 Å². The van der Waals surface area contributed by atoms with Gasteiger partial charge >= 0.3 is 0 Å². The van der Waals surface area contributed by atoms with Gasteiger partial charge in [0.15, 0.2) is 5.96 Å². The molecule has 1 aromatic heterocycles. The minimum atomic E-state index is -0.538. The largest absolute Gasteiger partial charge is 0.444 e. The smallest absolute Gasteiger partial charge is 0.216 e. The molecule has 5 nitrogen and oxygen atoms in total. The number of hydrogen-bond acceptors (Lipinski definition) is 3. The second-order valence-corrected chi connectivity index (χ2v) is 5.32. The lowest BCUT2D eigenvalue weighted by molar-refractivity contribution is 0.473. The number of halogens is 3.